The molecule has 2 aliphatic heterocycles. The molecular weight excluding hydrogens is 320 g/mol. The van der Waals surface area contributed by atoms with Gasteiger partial charge in [0.15, 0.2) is 0 Å². The predicted molar refractivity (Wildman–Crippen MR) is 97.2 cm³/mol. The third kappa shape index (κ3) is 2.94. The van der Waals surface area contributed by atoms with Crippen molar-refractivity contribution in [2.75, 3.05) is 18.4 Å². The first-order valence-electron chi connectivity index (χ1n) is 8.51. The molecule has 3 nitrogen and oxygen atoms in total. The van der Waals surface area contributed by atoms with Gasteiger partial charge in [0.1, 0.15) is 0 Å². The molecule has 0 radical (unpaired) electrons. The summed E-state index contributed by atoms with van der Waals surface area (Å²) < 4.78 is 0. The Morgan fingerprint density at radius 1 is 1.04 bits per heavy atom. The number of anilines is 1. The average Bonchev–Trinajstić information content (AvgIpc) is 2.60. The zero-order chi connectivity index (χ0) is 16.6. The van der Waals surface area contributed by atoms with Gasteiger partial charge in [-0.2, -0.15) is 0 Å². The van der Waals surface area contributed by atoms with Crippen molar-refractivity contribution in [2.24, 2.45) is 5.41 Å². The van der Waals surface area contributed by atoms with Crippen molar-refractivity contribution in [3.63, 3.8) is 0 Å². The van der Waals surface area contributed by atoms with Gasteiger partial charge in [-0.1, -0.05) is 41.9 Å². The minimum absolute atomic E-state index is 0.201. The first-order valence-corrected chi connectivity index (χ1v) is 8.89. The fourth-order valence-electron chi connectivity index (χ4n) is 3.89. The van der Waals surface area contributed by atoms with E-state index in [4.69, 9.17) is 11.6 Å². The molecule has 0 bridgehead atoms. The van der Waals surface area contributed by atoms with Crippen LogP contribution in [0.4, 0.5) is 5.69 Å². The molecule has 2 aromatic rings. The van der Waals surface area contributed by atoms with E-state index in [1.807, 2.05) is 24.3 Å². The Labute approximate surface area is 147 Å². The number of amides is 1. The zero-order valence-corrected chi connectivity index (χ0v) is 14.4. The zero-order valence-electron chi connectivity index (χ0n) is 13.6. The van der Waals surface area contributed by atoms with Crippen molar-refractivity contribution < 1.29 is 4.79 Å². The highest BCUT2D eigenvalue weighted by Gasteiger charge is 2.44. The molecular formula is C20H21ClN2O. The smallest absolute Gasteiger partial charge is 0.231 e. The van der Waals surface area contributed by atoms with E-state index in [9.17, 15) is 4.79 Å². The molecule has 2 aromatic carbocycles. The quantitative estimate of drug-likeness (QED) is 0.892. The summed E-state index contributed by atoms with van der Waals surface area (Å²) in [7, 11) is 0. The average molecular weight is 341 g/mol. The van der Waals surface area contributed by atoms with Crippen LogP contribution < -0.4 is 5.32 Å². The molecule has 4 rings (SSSR count). The first-order chi connectivity index (χ1) is 11.6. The number of hydrogen-bond acceptors (Lipinski definition) is 2. The van der Waals surface area contributed by atoms with Gasteiger partial charge in [0, 0.05) is 17.3 Å². The van der Waals surface area contributed by atoms with Crippen LogP contribution in [0.1, 0.15) is 24.0 Å². The number of hydrogen-bond donors (Lipinski definition) is 1. The summed E-state index contributed by atoms with van der Waals surface area (Å²) in [6.07, 6.45) is 2.70. The Morgan fingerprint density at radius 2 is 1.75 bits per heavy atom. The van der Waals surface area contributed by atoms with E-state index in [2.05, 4.69) is 34.5 Å². The Hall–Kier alpha value is -1.84. The Morgan fingerprint density at radius 3 is 2.50 bits per heavy atom. The minimum Gasteiger partial charge on any atom is -0.325 e. The molecule has 24 heavy (non-hydrogen) atoms. The number of benzene rings is 2. The number of carbonyl (C=O) groups excluding carboxylic acids is 1. The summed E-state index contributed by atoms with van der Waals surface area (Å²) in [6.45, 7) is 2.84. The molecule has 1 amide bonds. The van der Waals surface area contributed by atoms with Crippen LogP contribution in [-0.4, -0.2) is 23.9 Å². The van der Waals surface area contributed by atoms with Gasteiger partial charge in [-0.3, -0.25) is 9.69 Å². The molecule has 1 saturated heterocycles. The van der Waals surface area contributed by atoms with E-state index in [0.29, 0.717) is 0 Å². The number of para-hydroxylation sites is 1. The second-order valence-electron chi connectivity index (χ2n) is 6.97. The standard InChI is InChI=1S/C20H21ClN2O/c21-17-7-5-15(6-8-17)14-23-11-9-20(10-12-23)13-16-3-1-2-4-18(16)22-19(20)24/h1-8H,9-14H2,(H,22,24). The third-order valence-corrected chi connectivity index (χ3v) is 5.66. The van der Waals surface area contributed by atoms with E-state index < -0.39 is 0 Å². The van der Waals surface area contributed by atoms with Gasteiger partial charge in [-0.15, -0.1) is 0 Å². The monoisotopic (exact) mass is 340 g/mol. The lowest BCUT2D eigenvalue weighted by Crippen LogP contribution is -2.49. The first kappa shape index (κ1) is 15.7. The van der Waals surface area contributed by atoms with Crippen molar-refractivity contribution in [3.8, 4) is 0 Å². The van der Waals surface area contributed by atoms with Gasteiger partial charge in [-0.05, 0) is 61.7 Å². The Bertz CT molecular complexity index is 748. The van der Waals surface area contributed by atoms with Crippen LogP contribution in [0.15, 0.2) is 48.5 Å². The lowest BCUT2D eigenvalue weighted by Gasteiger charge is -2.43. The summed E-state index contributed by atoms with van der Waals surface area (Å²) >= 11 is 5.95. The number of nitrogens with zero attached hydrogens (tertiary/aromatic N) is 1. The third-order valence-electron chi connectivity index (χ3n) is 5.41. The maximum absolute atomic E-state index is 12.7. The van der Waals surface area contributed by atoms with E-state index in [-0.39, 0.29) is 11.3 Å². The number of fused-ring (bicyclic) bond motifs is 1. The lowest BCUT2D eigenvalue weighted by molar-refractivity contribution is -0.129. The largest absolute Gasteiger partial charge is 0.325 e. The normalized spacial score (nSPS) is 19.8. The minimum atomic E-state index is -0.231. The van der Waals surface area contributed by atoms with Crippen LogP contribution in [-0.2, 0) is 17.8 Å². The molecule has 0 saturated carbocycles. The van der Waals surface area contributed by atoms with Crippen LogP contribution in [0.5, 0.6) is 0 Å². The van der Waals surface area contributed by atoms with Crippen molar-refractivity contribution in [1.82, 2.24) is 4.90 Å². The van der Waals surface area contributed by atoms with Gasteiger partial charge in [0.2, 0.25) is 5.91 Å². The molecule has 1 spiro atoms. The second kappa shape index (κ2) is 6.23. The summed E-state index contributed by atoms with van der Waals surface area (Å²) in [6, 6.07) is 16.2. The molecule has 0 aromatic heterocycles. The topological polar surface area (TPSA) is 32.3 Å². The van der Waals surface area contributed by atoms with Crippen LogP contribution in [0, 0.1) is 5.41 Å². The maximum atomic E-state index is 12.7. The highest BCUT2D eigenvalue weighted by molar-refractivity contribution is 6.30. The van der Waals surface area contributed by atoms with Gasteiger partial charge in [0.05, 0.1) is 5.41 Å². The fraction of sp³-hybridized carbons (Fsp3) is 0.350. The van der Waals surface area contributed by atoms with Crippen molar-refractivity contribution in [1.29, 1.82) is 0 Å². The molecule has 0 aliphatic carbocycles. The predicted octanol–water partition coefficient (Wildman–Crippen LogP) is 4.12. The number of nitrogens with one attached hydrogen (secondary N) is 1. The van der Waals surface area contributed by atoms with E-state index >= 15 is 0 Å². The number of piperidine rings is 1. The van der Waals surface area contributed by atoms with Crippen LogP contribution in [0.25, 0.3) is 0 Å². The Kier molecular flexibility index (Phi) is 4.07. The van der Waals surface area contributed by atoms with Crippen molar-refractivity contribution >= 4 is 23.2 Å². The molecule has 1 fully saturated rings. The molecule has 1 N–H and O–H groups in total. The Balaban J connectivity index is 1.44. The maximum Gasteiger partial charge on any atom is 0.231 e. The SMILES string of the molecule is O=C1Nc2ccccc2CC12CCN(Cc1ccc(Cl)cc1)CC2. The van der Waals surface area contributed by atoms with Crippen LogP contribution in [0.2, 0.25) is 5.02 Å². The van der Waals surface area contributed by atoms with Crippen molar-refractivity contribution in [2.45, 2.75) is 25.8 Å². The van der Waals surface area contributed by atoms with Gasteiger partial charge < -0.3 is 5.32 Å². The van der Waals surface area contributed by atoms with E-state index in [1.165, 1.54) is 11.1 Å². The second-order valence-corrected chi connectivity index (χ2v) is 7.41. The van der Waals surface area contributed by atoms with Gasteiger partial charge in [-0.25, -0.2) is 0 Å². The van der Waals surface area contributed by atoms with Gasteiger partial charge in [0.25, 0.3) is 0 Å². The highest BCUT2D eigenvalue weighted by Crippen LogP contribution is 2.41. The fourth-order valence-corrected chi connectivity index (χ4v) is 4.01. The molecule has 0 atom stereocenters. The van der Waals surface area contributed by atoms with E-state index in [0.717, 1.165) is 49.6 Å². The van der Waals surface area contributed by atoms with Crippen LogP contribution >= 0.6 is 11.6 Å². The summed E-state index contributed by atoms with van der Waals surface area (Å²) in [5.74, 6) is 0.201. The number of rotatable bonds is 2. The summed E-state index contributed by atoms with van der Waals surface area (Å²) in [4.78, 5) is 15.1. The molecule has 0 unspecified atom stereocenters. The number of carbonyl (C=O) groups is 1. The van der Waals surface area contributed by atoms with Gasteiger partial charge >= 0.3 is 0 Å². The summed E-state index contributed by atoms with van der Waals surface area (Å²) in [5.41, 5.74) is 3.29. The van der Waals surface area contributed by atoms with E-state index in [1.54, 1.807) is 0 Å². The number of likely N-dealkylation sites (tertiary alicyclic amines) is 1. The molecule has 2 heterocycles. The lowest BCUT2D eigenvalue weighted by atomic mass is 9.71. The molecule has 2 aliphatic rings. The van der Waals surface area contributed by atoms with Crippen molar-refractivity contribution in [3.05, 3.63) is 64.7 Å². The molecule has 4 heteroatoms. The summed E-state index contributed by atoms with van der Waals surface area (Å²) in [5, 5.41) is 3.89. The number of halogens is 1. The molecule has 124 valence electrons. The van der Waals surface area contributed by atoms with Crippen LogP contribution in [0.3, 0.4) is 0 Å². The highest BCUT2D eigenvalue weighted by atomic mass is 35.5.